The third-order valence-corrected chi connectivity index (χ3v) is 5.01. The number of piperidine rings is 1. The van der Waals surface area contributed by atoms with E-state index < -0.39 is 11.7 Å². The van der Waals surface area contributed by atoms with Gasteiger partial charge in [-0.3, -0.25) is 9.59 Å². The van der Waals surface area contributed by atoms with Crippen molar-refractivity contribution >= 4 is 17.5 Å². The molecule has 1 aliphatic rings. The monoisotopic (exact) mass is 369 g/mol. The number of carbonyl (C=O) groups is 2. The Morgan fingerprint density at radius 1 is 1.22 bits per heavy atom. The second kappa shape index (κ2) is 8.31. The summed E-state index contributed by atoms with van der Waals surface area (Å²) in [5.74, 6) is -1.22. The lowest BCUT2D eigenvalue weighted by Gasteiger charge is -2.35. The van der Waals surface area contributed by atoms with Crippen LogP contribution in [0.25, 0.3) is 0 Å². The predicted molar refractivity (Wildman–Crippen MR) is 103 cm³/mol. The molecule has 0 radical (unpaired) electrons. The zero-order valence-corrected chi connectivity index (χ0v) is 15.4. The van der Waals surface area contributed by atoms with Crippen LogP contribution in [0.2, 0.25) is 0 Å². The molecule has 0 aromatic heterocycles. The van der Waals surface area contributed by atoms with Gasteiger partial charge in [0.1, 0.15) is 5.82 Å². The molecule has 1 fully saturated rings. The second-order valence-electron chi connectivity index (χ2n) is 6.85. The molecule has 1 aliphatic heterocycles. The number of benzene rings is 2. The Bertz CT molecular complexity index is 853. The van der Waals surface area contributed by atoms with Crippen molar-refractivity contribution < 1.29 is 14.0 Å². The van der Waals surface area contributed by atoms with Gasteiger partial charge < -0.3 is 16.0 Å². The smallest absolute Gasteiger partial charge is 0.258 e. The van der Waals surface area contributed by atoms with E-state index in [9.17, 15) is 14.0 Å². The summed E-state index contributed by atoms with van der Waals surface area (Å²) >= 11 is 0. The largest absolute Gasteiger partial charge is 0.334 e. The van der Waals surface area contributed by atoms with Gasteiger partial charge in [0.15, 0.2) is 0 Å². The summed E-state index contributed by atoms with van der Waals surface area (Å²) in [4.78, 5) is 27.2. The maximum absolute atomic E-state index is 13.8. The molecule has 1 unspecified atom stereocenters. The molecule has 6 heteroatoms. The van der Waals surface area contributed by atoms with Gasteiger partial charge >= 0.3 is 0 Å². The molecule has 2 amide bonds. The number of hydrogen-bond acceptors (Lipinski definition) is 3. The Labute approximate surface area is 158 Å². The number of amides is 2. The Kier molecular flexibility index (Phi) is 5.86. The molecule has 1 saturated heterocycles. The van der Waals surface area contributed by atoms with Crippen LogP contribution in [0.1, 0.15) is 45.5 Å². The summed E-state index contributed by atoms with van der Waals surface area (Å²) in [7, 11) is 0. The van der Waals surface area contributed by atoms with Gasteiger partial charge in [0.05, 0.1) is 5.56 Å². The fourth-order valence-electron chi connectivity index (χ4n) is 3.40. The lowest BCUT2D eigenvalue weighted by molar-refractivity contribution is 0.0623. The zero-order chi connectivity index (χ0) is 19.4. The molecule has 3 rings (SSSR count). The van der Waals surface area contributed by atoms with Crippen molar-refractivity contribution in [2.45, 2.75) is 32.2 Å². The van der Waals surface area contributed by atoms with Crippen LogP contribution in [0.5, 0.6) is 0 Å². The number of aryl methyl sites for hydroxylation is 1. The third kappa shape index (κ3) is 4.17. The number of hydrogen-bond donors (Lipinski definition) is 2. The quantitative estimate of drug-likeness (QED) is 0.868. The minimum atomic E-state index is -0.584. The van der Waals surface area contributed by atoms with Gasteiger partial charge in [-0.2, -0.15) is 0 Å². The fourth-order valence-corrected chi connectivity index (χ4v) is 3.40. The van der Waals surface area contributed by atoms with Crippen LogP contribution in [0.4, 0.5) is 10.1 Å². The predicted octanol–water partition coefficient (Wildman–Crippen LogP) is 3.34. The van der Waals surface area contributed by atoms with Gasteiger partial charge in [-0.05, 0) is 56.0 Å². The number of rotatable bonds is 4. The maximum Gasteiger partial charge on any atom is 0.258 e. The van der Waals surface area contributed by atoms with E-state index in [4.69, 9.17) is 5.73 Å². The first-order valence-corrected chi connectivity index (χ1v) is 9.19. The average molecular weight is 369 g/mol. The summed E-state index contributed by atoms with van der Waals surface area (Å²) < 4.78 is 13.8. The molecule has 0 saturated carbocycles. The van der Waals surface area contributed by atoms with Crippen LogP contribution in [0.3, 0.4) is 0 Å². The van der Waals surface area contributed by atoms with Gasteiger partial charge in [-0.1, -0.05) is 18.2 Å². The lowest BCUT2D eigenvalue weighted by Crippen LogP contribution is -2.47. The van der Waals surface area contributed by atoms with Gasteiger partial charge in [-0.25, -0.2) is 4.39 Å². The first kappa shape index (κ1) is 19.0. The number of carbonyl (C=O) groups excluding carboxylic acids is 2. The van der Waals surface area contributed by atoms with Crippen LogP contribution in [-0.2, 0) is 0 Å². The van der Waals surface area contributed by atoms with E-state index in [1.807, 2.05) is 11.8 Å². The fraction of sp³-hybridized carbons (Fsp3) is 0.333. The molecule has 142 valence electrons. The van der Waals surface area contributed by atoms with Crippen molar-refractivity contribution in [1.82, 2.24) is 4.90 Å². The van der Waals surface area contributed by atoms with Crippen LogP contribution in [0.15, 0.2) is 42.5 Å². The Morgan fingerprint density at radius 3 is 2.74 bits per heavy atom. The van der Waals surface area contributed by atoms with E-state index in [0.717, 1.165) is 24.8 Å². The van der Waals surface area contributed by atoms with E-state index in [2.05, 4.69) is 5.32 Å². The SMILES string of the molecule is Cc1ccc(C(=O)N2CCCCC2CN)cc1NC(=O)c1ccccc1F. The van der Waals surface area contributed by atoms with E-state index in [1.54, 1.807) is 24.3 Å². The molecule has 0 bridgehead atoms. The highest BCUT2D eigenvalue weighted by Gasteiger charge is 2.26. The average Bonchev–Trinajstić information content (AvgIpc) is 2.69. The van der Waals surface area contributed by atoms with Crippen molar-refractivity contribution in [1.29, 1.82) is 0 Å². The number of nitrogens with one attached hydrogen (secondary N) is 1. The molecule has 0 aliphatic carbocycles. The molecule has 5 nitrogen and oxygen atoms in total. The van der Waals surface area contributed by atoms with Crippen molar-refractivity contribution in [3.8, 4) is 0 Å². The molecular weight excluding hydrogens is 345 g/mol. The molecule has 1 atom stereocenters. The van der Waals surface area contributed by atoms with Crippen molar-refractivity contribution in [2.24, 2.45) is 5.73 Å². The minimum Gasteiger partial charge on any atom is -0.334 e. The van der Waals surface area contributed by atoms with Gasteiger partial charge in [-0.15, -0.1) is 0 Å². The normalized spacial score (nSPS) is 16.9. The summed E-state index contributed by atoms with van der Waals surface area (Å²) in [6.45, 7) is 2.95. The molecule has 2 aromatic carbocycles. The van der Waals surface area contributed by atoms with E-state index in [-0.39, 0.29) is 17.5 Å². The molecular formula is C21H24FN3O2. The van der Waals surface area contributed by atoms with Crippen LogP contribution >= 0.6 is 0 Å². The highest BCUT2D eigenvalue weighted by molar-refractivity contribution is 6.05. The van der Waals surface area contributed by atoms with Crippen molar-refractivity contribution in [2.75, 3.05) is 18.4 Å². The molecule has 27 heavy (non-hydrogen) atoms. The van der Waals surface area contributed by atoms with E-state index in [0.29, 0.717) is 24.3 Å². The van der Waals surface area contributed by atoms with Crippen LogP contribution < -0.4 is 11.1 Å². The number of nitrogens with zero attached hydrogens (tertiary/aromatic N) is 1. The number of nitrogens with two attached hydrogens (primary N) is 1. The Morgan fingerprint density at radius 2 is 2.00 bits per heavy atom. The van der Waals surface area contributed by atoms with Crippen molar-refractivity contribution in [3.63, 3.8) is 0 Å². The second-order valence-corrected chi connectivity index (χ2v) is 6.85. The number of likely N-dealkylation sites (tertiary alicyclic amines) is 1. The third-order valence-electron chi connectivity index (χ3n) is 5.01. The van der Waals surface area contributed by atoms with E-state index in [1.165, 1.54) is 18.2 Å². The maximum atomic E-state index is 13.8. The highest BCUT2D eigenvalue weighted by atomic mass is 19.1. The Balaban J connectivity index is 1.83. The standard InChI is InChI=1S/C21H24FN3O2/c1-14-9-10-15(21(27)25-11-5-4-6-16(25)13-23)12-19(14)24-20(26)17-7-2-3-8-18(17)22/h2-3,7-10,12,16H,4-6,11,13,23H2,1H3,(H,24,26). The Hall–Kier alpha value is -2.73. The van der Waals surface area contributed by atoms with Crippen LogP contribution in [0, 0.1) is 12.7 Å². The first-order valence-electron chi connectivity index (χ1n) is 9.19. The first-order chi connectivity index (χ1) is 13.0. The molecule has 3 N–H and O–H groups in total. The molecule has 1 heterocycles. The van der Waals surface area contributed by atoms with Gasteiger partial charge in [0.25, 0.3) is 11.8 Å². The summed E-state index contributed by atoms with van der Waals surface area (Å²) in [5, 5.41) is 2.72. The number of halogens is 1. The van der Waals surface area contributed by atoms with E-state index >= 15 is 0 Å². The number of anilines is 1. The topological polar surface area (TPSA) is 75.4 Å². The lowest BCUT2D eigenvalue weighted by atomic mass is 10.00. The molecule has 2 aromatic rings. The molecule has 0 spiro atoms. The zero-order valence-electron chi connectivity index (χ0n) is 15.4. The highest BCUT2D eigenvalue weighted by Crippen LogP contribution is 2.23. The summed E-state index contributed by atoms with van der Waals surface area (Å²) in [6, 6.07) is 11.0. The summed E-state index contributed by atoms with van der Waals surface area (Å²) in [6.07, 6.45) is 2.94. The van der Waals surface area contributed by atoms with Crippen LogP contribution in [-0.4, -0.2) is 35.8 Å². The van der Waals surface area contributed by atoms with Gasteiger partial charge in [0.2, 0.25) is 0 Å². The van der Waals surface area contributed by atoms with Gasteiger partial charge in [0, 0.05) is 30.4 Å². The minimum absolute atomic E-state index is 0.0344. The summed E-state index contributed by atoms with van der Waals surface area (Å²) in [5.41, 5.74) is 7.57. The van der Waals surface area contributed by atoms with Crippen molar-refractivity contribution in [3.05, 3.63) is 65.0 Å².